The lowest BCUT2D eigenvalue weighted by Crippen LogP contribution is -2.32. The van der Waals surface area contributed by atoms with Crippen LogP contribution in [0.15, 0.2) is 36.4 Å². The number of carbonyl (C=O) groups excluding carboxylic acids is 1. The lowest BCUT2D eigenvalue weighted by Gasteiger charge is -2.24. The number of rotatable bonds is 4. The highest BCUT2D eigenvalue weighted by molar-refractivity contribution is 6.18. The monoisotopic (exact) mass is 265 g/mol. The van der Waals surface area contributed by atoms with Crippen molar-refractivity contribution in [2.75, 3.05) is 19.0 Å². The molecule has 1 aromatic carbocycles. The van der Waals surface area contributed by atoms with Crippen LogP contribution in [-0.2, 0) is 4.79 Å². The van der Waals surface area contributed by atoms with Crippen molar-refractivity contribution in [3.63, 3.8) is 0 Å². The van der Waals surface area contributed by atoms with Crippen molar-refractivity contribution in [1.29, 1.82) is 0 Å². The number of benzene rings is 1. The van der Waals surface area contributed by atoms with Gasteiger partial charge in [0, 0.05) is 18.0 Å². The Morgan fingerprint density at radius 2 is 2.28 bits per heavy atom. The zero-order chi connectivity index (χ0) is 12.8. The second-order valence-electron chi connectivity index (χ2n) is 4.10. The van der Waals surface area contributed by atoms with Crippen LogP contribution >= 0.6 is 11.6 Å². The summed E-state index contributed by atoms with van der Waals surface area (Å²) in [5.74, 6) is 1.22. The molecular weight excluding hydrogens is 250 g/mol. The molecule has 1 N–H and O–H groups in total. The summed E-state index contributed by atoms with van der Waals surface area (Å²) in [4.78, 5) is 12.1. The van der Waals surface area contributed by atoms with E-state index in [-0.39, 0.29) is 11.8 Å². The summed E-state index contributed by atoms with van der Waals surface area (Å²) in [6.45, 7) is 1.11. The molecule has 1 heterocycles. The SMILES string of the molecule is O=C(NC/C=C/CCl)C1CCOc2ccccc21. The summed E-state index contributed by atoms with van der Waals surface area (Å²) in [7, 11) is 0. The van der Waals surface area contributed by atoms with Gasteiger partial charge < -0.3 is 10.1 Å². The number of halogens is 1. The highest BCUT2D eigenvalue weighted by atomic mass is 35.5. The van der Waals surface area contributed by atoms with Crippen LogP contribution in [0.4, 0.5) is 0 Å². The number of allylic oxidation sites excluding steroid dienone is 1. The maximum atomic E-state index is 12.1. The number of carbonyl (C=O) groups is 1. The first-order chi connectivity index (χ1) is 8.83. The third-order valence-corrected chi connectivity index (χ3v) is 3.10. The zero-order valence-corrected chi connectivity index (χ0v) is 10.8. The molecule has 0 fully saturated rings. The molecule has 1 atom stereocenters. The van der Waals surface area contributed by atoms with Gasteiger partial charge in [0.25, 0.3) is 0 Å². The second kappa shape index (κ2) is 6.45. The van der Waals surface area contributed by atoms with Crippen LogP contribution in [0.2, 0.25) is 0 Å². The maximum Gasteiger partial charge on any atom is 0.228 e. The average Bonchev–Trinajstić information content (AvgIpc) is 2.43. The van der Waals surface area contributed by atoms with Gasteiger partial charge in [-0.05, 0) is 12.5 Å². The zero-order valence-electron chi connectivity index (χ0n) is 10.1. The molecule has 18 heavy (non-hydrogen) atoms. The third-order valence-electron chi connectivity index (χ3n) is 2.92. The molecule has 0 bridgehead atoms. The Kier molecular flexibility index (Phi) is 4.65. The molecule has 0 aliphatic carbocycles. The predicted molar refractivity (Wildman–Crippen MR) is 72.2 cm³/mol. The summed E-state index contributed by atoms with van der Waals surface area (Å²) < 4.78 is 5.54. The maximum absolute atomic E-state index is 12.1. The van der Waals surface area contributed by atoms with Crippen molar-refractivity contribution < 1.29 is 9.53 Å². The minimum absolute atomic E-state index is 0.0463. The fourth-order valence-electron chi connectivity index (χ4n) is 2.04. The van der Waals surface area contributed by atoms with Crippen molar-refractivity contribution >= 4 is 17.5 Å². The van der Waals surface area contributed by atoms with E-state index in [9.17, 15) is 4.79 Å². The average molecular weight is 266 g/mol. The van der Waals surface area contributed by atoms with Gasteiger partial charge in [0.2, 0.25) is 5.91 Å². The Morgan fingerprint density at radius 1 is 1.44 bits per heavy atom. The summed E-state index contributed by atoms with van der Waals surface area (Å²) >= 11 is 5.52. The molecule has 0 saturated carbocycles. The van der Waals surface area contributed by atoms with Crippen molar-refractivity contribution in [3.8, 4) is 5.75 Å². The van der Waals surface area contributed by atoms with E-state index in [2.05, 4.69) is 5.32 Å². The molecule has 2 rings (SSSR count). The Morgan fingerprint density at radius 3 is 3.11 bits per heavy atom. The highest BCUT2D eigenvalue weighted by Gasteiger charge is 2.26. The molecule has 3 nitrogen and oxygen atoms in total. The summed E-state index contributed by atoms with van der Waals surface area (Å²) in [5.41, 5.74) is 0.975. The van der Waals surface area contributed by atoms with E-state index in [1.807, 2.05) is 36.4 Å². The van der Waals surface area contributed by atoms with Gasteiger partial charge in [0.05, 0.1) is 12.5 Å². The molecule has 4 heteroatoms. The number of hydrogen-bond donors (Lipinski definition) is 1. The van der Waals surface area contributed by atoms with Crippen LogP contribution < -0.4 is 10.1 Å². The van der Waals surface area contributed by atoms with Gasteiger partial charge in [-0.1, -0.05) is 30.4 Å². The van der Waals surface area contributed by atoms with Gasteiger partial charge >= 0.3 is 0 Å². The lowest BCUT2D eigenvalue weighted by molar-refractivity contribution is -0.123. The fourth-order valence-corrected chi connectivity index (χ4v) is 2.17. The minimum Gasteiger partial charge on any atom is -0.493 e. The van der Waals surface area contributed by atoms with E-state index in [0.717, 1.165) is 17.7 Å². The number of hydrogen-bond acceptors (Lipinski definition) is 2. The first-order valence-electron chi connectivity index (χ1n) is 6.03. The van der Waals surface area contributed by atoms with Crippen LogP contribution in [0.3, 0.4) is 0 Å². The van der Waals surface area contributed by atoms with E-state index < -0.39 is 0 Å². The summed E-state index contributed by atoms with van der Waals surface area (Å²) in [6, 6.07) is 7.71. The van der Waals surface area contributed by atoms with Gasteiger partial charge in [-0.3, -0.25) is 4.79 Å². The summed E-state index contributed by atoms with van der Waals surface area (Å²) in [6.07, 6.45) is 4.40. The van der Waals surface area contributed by atoms with E-state index >= 15 is 0 Å². The highest BCUT2D eigenvalue weighted by Crippen LogP contribution is 2.33. The smallest absolute Gasteiger partial charge is 0.228 e. The van der Waals surface area contributed by atoms with Gasteiger partial charge in [-0.25, -0.2) is 0 Å². The Labute approximate surface area is 112 Å². The molecular formula is C14H16ClNO2. The number of amides is 1. The molecule has 0 spiro atoms. The van der Waals surface area contributed by atoms with Crippen LogP contribution in [-0.4, -0.2) is 24.9 Å². The molecule has 0 radical (unpaired) electrons. The van der Waals surface area contributed by atoms with Crippen LogP contribution in [0, 0.1) is 0 Å². The van der Waals surface area contributed by atoms with Crippen molar-refractivity contribution in [1.82, 2.24) is 5.32 Å². The van der Waals surface area contributed by atoms with E-state index in [1.165, 1.54) is 0 Å². The molecule has 1 aliphatic rings. The quantitative estimate of drug-likeness (QED) is 0.671. The van der Waals surface area contributed by atoms with Crippen LogP contribution in [0.25, 0.3) is 0 Å². The molecule has 0 saturated heterocycles. The molecule has 0 aromatic heterocycles. The Balaban J connectivity index is 2.01. The van der Waals surface area contributed by atoms with Crippen molar-refractivity contribution in [2.45, 2.75) is 12.3 Å². The topological polar surface area (TPSA) is 38.3 Å². The van der Waals surface area contributed by atoms with Gasteiger partial charge in [0.1, 0.15) is 5.75 Å². The standard InChI is InChI=1S/C14H16ClNO2/c15-8-3-4-9-16-14(17)12-7-10-18-13-6-2-1-5-11(12)13/h1-6,12H,7-10H2,(H,16,17)/b4-3+. The first kappa shape index (κ1) is 13.0. The van der Waals surface area contributed by atoms with Crippen molar-refractivity contribution in [3.05, 3.63) is 42.0 Å². The van der Waals surface area contributed by atoms with E-state index in [0.29, 0.717) is 19.0 Å². The van der Waals surface area contributed by atoms with Crippen LogP contribution in [0.1, 0.15) is 17.9 Å². The number of ether oxygens (including phenoxy) is 1. The van der Waals surface area contributed by atoms with Crippen LogP contribution in [0.5, 0.6) is 5.75 Å². The largest absolute Gasteiger partial charge is 0.493 e. The molecule has 1 unspecified atom stereocenters. The Hall–Kier alpha value is -1.48. The number of fused-ring (bicyclic) bond motifs is 1. The predicted octanol–water partition coefficient (Wildman–Crippen LogP) is 2.46. The van der Waals surface area contributed by atoms with Gasteiger partial charge in [-0.15, -0.1) is 11.6 Å². The molecule has 1 aliphatic heterocycles. The van der Waals surface area contributed by atoms with Gasteiger partial charge in [0.15, 0.2) is 0 Å². The normalized spacial score (nSPS) is 18.2. The molecule has 1 aromatic rings. The van der Waals surface area contributed by atoms with Gasteiger partial charge in [-0.2, -0.15) is 0 Å². The summed E-state index contributed by atoms with van der Waals surface area (Å²) in [5, 5.41) is 2.89. The van der Waals surface area contributed by atoms with E-state index in [4.69, 9.17) is 16.3 Å². The molecule has 96 valence electrons. The third kappa shape index (κ3) is 3.05. The Bertz CT molecular complexity index is 445. The number of para-hydroxylation sites is 1. The number of nitrogens with one attached hydrogen (secondary N) is 1. The van der Waals surface area contributed by atoms with E-state index in [1.54, 1.807) is 0 Å². The number of alkyl halides is 1. The first-order valence-corrected chi connectivity index (χ1v) is 6.57. The molecule has 1 amide bonds. The fraction of sp³-hybridized carbons (Fsp3) is 0.357. The minimum atomic E-state index is -0.112. The lowest BCUT2D eigenvalue weighted by atomic mass is 9.92. The second-order valence-corrected chi connectivity index (χ2v) is 4.41. The van der Waals surface area contributed by atoms with Crippen molar-refractivity contribution in [2.24, 2.45) is 0 Å².